The smallest absolute Gasteiger partial charge is 0.224 e. The SMILES string of the molecule is COc1cc(NC(=O)C[C@@H](C)c2ccccc2)cc(OC)c1OC. The van der Waals surface area contributed by atoms with Gasteiger partial charge < -0.3 is 19.5 Å². The summed E-state index contributed by atoms with van der Waals surface area (Å²) in [5, 5.41) is 2.89. The van der Waals surface area contributed by atoms with Gasteiger partial charge in [0.05, 0.1) is 21.3 Å². The second-order valence-electron chi connectivity index (χ2n) is 5.48. The molecule has 2 rings (SSSR count). The van der Waals surface area contributed by atoms with Gasteiger partial charge in [-0.15, -0.1) is 0 Å². The zero-order valence-electron chi connectivity index (χ0n) is 14.5. The highest BCUT2D eigenvalue weighted by atomic mass is 16.5. The molecule has 0 unspecified atom stereocenters. The molecule has 0 saturated carbocycles. The number of methoxy groups -OCH3 is 3. The number of carbonyl (C=O) groups is 1. The highest BCUT2D eigenvalue weighted by Crippen LogP contribution is 2.40. The maximum Gasteiger partial charge on any atom is 0.224 e. The Labute approximate surface area is 142 Å². The van der Waals surface area contributed by atoms with Crippen molar-refractivity contribution in [2.45, 2.75) is 19.3 Å². The third kappa shape index (κ3) is 4.19. The van der Waals surface area contributed by atoms with Gasteiger partial charge in [0.25, 0.3) is 0 Å². The molecule has 5 heteroatoms. The lowest BCUT2D eigenvalue weighted by Crippen LogP contribution is -2.14. The Morgan fingerprint density at radius 1 is 1.00 bits per heavy atom. The molecule has 0 aromatic heterocycles. The van der Waals surface area contributed by atoms with Gasteiger partial charge in [-0.25, -0.2) is 0 Å². The zero-order chi connectivity index (χ0) is 17.5. The number of rotatable bonds is 7. The topological polar surface area (TPSA) is 56.8 Å². The third-order valence-corrected chi connectivity index (χ3v) is 3.81. The first-order valence-corrected chi connectivity index (χ1v) is 7.73. The lowest BCUT2D eigenvalue weighted by atomic mass is 9.97. The molecular formula is C19H23NO4. The highest BCUT2D eigenvalue weighted by molar-refractivity contribution is 5.92. The Morgan fingerprint density at radius 3 is 2.08 bits per heavy atom. The van der Waals surface area contributed by atoms with Crippen molar-refractivity contribution >= 4 is 11.6 Å². The molecule has 0 heterocycles. The van der Waals surface area contributed by atoms with Crippen LogP contribution < -0.4 is 19.5 Å². The summed E-state index contributed by atoms with van der Waals surface area (Å²) in [6.07, 6.45) is 0.390. The fourth-order valence-corrected chi connectivity index (χ4v) is 2.54. The van der Waals surface area contributed by atoms with Crippen molar-refractivity contribution in [1.82, 2.24) is 0 Å². The lowest BCUT2D eigenvalue weighted by Gasteiger charge is -2.16. The van der Waals surface area contributed by atoms with Gasteiger partial charge >= 0.3 is 0 Å². The van der Waals surface area contributed by atoms with Crippen molar-refractivity contribution in [1.29, 1.82) is 0 Å². The van der Waals surface area contributed by atoms with Crippen molar-refractivity contribution in [3.05, 3.63) is 48.0 Å². The van der Waals surface area contributed by atoms with E-state index < -0.39 is 0 Å². The maximum atomic E-state index is 12.3. The van der Waals surface area contributed by atoms with E-state index in [1.54, 1.807) is 33.5 Å². The predicted octanol–water partition coefficient (Wildman–Crippen LogP) is 3.84. The molecule has 1 amide bonds. The number of nitrogens with one attached hydrogen (secondary N) is 1. The first kappa shape index (κ1) is 17.7. The zero-order valence-corrected chi connectivity index (χ0v) is 14.5. The Balaban J connectivity index is 2.11. The first-order chi connectivity index (χ1) is 11.6. The summed E-state index contributed by atoms with van der Waals surface area (Å²) in [7, 11) is 4.63. The van der Waals surface area contributed by atoms with E-state index in [0.29, 0.717) is 29.4 Å². The lowest BCUT2D eigenvalue weighted by molar-refractivity contribution is -0.116. The minimum absolute atomic E-state index is 0.0689. The normalized spacial score (nSPS) is 11.5. The Hall–Kier alpha value is -2.69. The second kappa shape index (κ2) is 8.24. The summed E-state index contributed by atoms with van der Waals surface area (Å²) >= 11 is 0. The third-order valence-electron chi connectivity index (χ3n) is 3.81. The number of ether oxygens (including phenoxy) is 3. The molecule has 0 radical (unpaired) electrons. The molecule has 0 bridgehead atoms. The molecule has 1 atom stereocenters. The van der Waals surface area contributed by atoms with Crippen LogP contribution in [0.3, 0.4) is 0 Å². The minimum atomic E-state index is -0.0689. The van der Waals surface area contributed by atoms with Crippen molar-refractivity contribution in [2.75, 3.05) is 26.6 Å². The Bertz CT molecular complexity index is 660. The summed E-state index contributed by atoms with van der Waals surface area (Å²) in [4.78, 5) is 12.3. The molecule has 0 aliphatic heterocycles. The van der Waals surface area contributed by atoms with Gasteiger partial charge in [-0.1, -0.05) is 37.3 Å². The van der Waals surface area contributed by atoms with E-state index >= 15 is 0 Å². The van der Waals surface area contributed by atoms with Crippen LogP contribution in [0, 0.1) is 0 Å². The minimum Gasteiger partial charge on any atom is -0.493 e. The first-order valence-electron chi connectivity index (χ1n) is 7.73. The number of benzene rings is 2. The summed E-state index contributed by atoms with van der Waals surface area (Å²) in [6.45, 7) is 2.03. The van der Waals surface area contributed by atoms with Gasteiger partial charge in [-0.3, -0.25) is 4.79 Å². The molecule has 0 aliphatic rings. The van der Waals surface area contributed by atoms with Crippen molar-refractivity contribution < 1.29 is 19.0 Å². The summed E-state index contributed by atoms with van der Waals surface area (Å²) in [5.74, 6) is 1.57. The summed E-state index contributed by atoms with van der Waals surface area (Å²) in [5.41, 5.74) is 1.74. The van der Waals surface area contributed by atoms with Crippen LogP contribution in [0.1, 0.15) is 24.8 Å². The van der Waals surface area contributed by atoms with Gasteiger partial charge in [-0.05, 0) is 11.5 Å². The van der Waals surface area contributed by atoms with Crippen LogP contribution in [0.2, 0.25) is 0 Å². The van der Waals surface area contributed by atoms with Gasteiger partial charge in [0, 0.05) is 24.2 Å². The van der Waals surface area contributed by atoms with Crippen LogP contribution in [0.15, 0.2) is 42.5 Å². The molecule has 5 nitrogen and oxygen atoms in total. The molecule has 0 aliphatic carbocycles. The van der Waals surface area contributed by atoms with E-state index in [-0.39, 0.29) is 11.8 Å². The van der Waals surface area contributed by atoms with E-state index in [1.165, 1.54) is 0 Å². The molecule has 128 valence electrons. The molecule has 2 aromatic rings. The molecule has 2 aromatic carbocycles. The van der Waals surface area contributed by atoms with Crippen molar-refractivity contribution in [2.24, 2.45) is 0 Å². The standard InChI is InChI=1S/C19H23NO4/c1-13(14-8-6-5-7-9-14)10-18(21)20-15-11-16(22-2)19(24-4)17(12-15)23-3/h5-9,11-13H,10H2,1-4H3,(H,20,21)/t13-/m1/s1. The predicted molar refractivity (Wildman–Crippen MR) is 94.2 cm³/mol. The van der Waals surface area contributed by atoms with E-state index in [4.69, 9.17) is 14.2 Å². The molecular weight excluding hydrogens is 306 g/mol. The van der Waals surface area contributed by atoms with E-state index in [0.717, 1.165) is 5.56 Å². The second-order valence-corrected chi connectivity index (χ2v) is 5.48. The Kier molecular flexibility index (Phi) is 6.07. The van der Waals surface area contributed by atoms with Gasteiger partial charge in [-0.2, -0.15) is 0 Å². The number of hydrogen-bond donors (Lipinski definition) is 1. The van der Waals surface area contributed by atoms with E-state index in [9.17, 15) is 4.79 Å². The fourth-order valence-electron chi connectivity index (χ4n) is 2.54. The molecule has 1 N–H and O–H groups in total. The van der Waals surface area contributed by atoms with E-state index in [2.05, 4.69) is 5.32 Å². The van der Waals surface area contributed by atoms with Crippen LogP contribution in [-0.2, 0) is 4.79 Å². The Morgan fingerprint density at radius 2 is 1.58 bits per heavy atom. The van der Waals surface area contributed by atoms with Gasteiger partial charge in [0.15, 0.2) is 11.5 Å². The molecule has 0 spiro atoms. The number of hydrogen-bond acceptors (Lipinski definition) is 4. The van der Waals surface area contributed by atoms with Crippen molar-refractivity contribution in [3.8, 4) is 17.2 Å². The largest absolute Gasteiger partial charge is 0.493 e. The highest BCUT2D eigenvalue weighted by Gasteiger charge is 2.16. The van der Waals surface area contributed by atoms with Crippen LogP contribution >= 0.6 is 0 Å². The number of carbonyl (C=O) groups excluding carboxylic acids is 1. The van der Waals surface area contributed by atoms with Gasteiger partial charge in [0.1, 0.15) is 0 Å². The van der Waals surface area contributed by atoms with Crippen molar-refractivity contribution in [3.63, 3.8) is 0 Å². The number of anilines is 1. The molecule has 24 heavy (non-hydrogen) atoms. The quantitative estimate of drug-likeness (QED) is 0.838. The van der Waals surface area contributed by atoms with Crippen LogP contribution in [0.4, 0.5) is 5.69 Å². The van der Waals surface area contributed by atoms with Crippen LogP contribution in [-0.4, -0.2) is 27.2 Å². The van der Waals surface area contributed by atoms with E-state index in [1.807, 2.05) is 37.3 Å². The molecule has 0 saturated heterocycles. The van der Waals surface area contributed by atoms with Crippen LogP contribution in [0.25, 0.3) is 0 Å². The molecule has 0 fully saturated rings. The summed E-state index contributed by atoms with van der Waals surface area (Å²) < 4.78 is 15.9. The monoisotopic (exact) mass is 329 g/mol. The summed E-state index contributed by atoms with van der Waals surface area (Å²) in [6, 6.07) is 13.4. The fraction of sp³-hybridized carbons (Fsp3) is 0.316. The van der Waals surface area contributed by atoms with Gasteiger partial charge in [0.2, 0.25) is 11.7 Å². The number of amides is 1. The van der Waals surface area contributed by atoms with Crippen LogP contribution in [0.5, 0.6) is 17.2 Å². The maximum absolute atomic E-state index is 12.3. The average molecular weight is 329 g/mol. The average Bonchev–Trinajstić information content (AvgIpc) is 2.61.